The van der Waals surface area contributed by atoms with Gasteiger partial charge in [-0.05, 0) is 36.4 Å². The molecule has 0 radical (unpaired) electrons. The molecule has 0 atom stereocenters. The molecule has 1 aromatic heterocycles. The van der Waals surface area contributed by atoms with Crippen LogP contribution >= 0.6 is 0 Å². The smallest absolute Gasteiger partial charge is 0.163 e. The molecule has 2 aromatic carbocycles. The third-order valence-corrected chi connectivity index (χ3v) is 3.26. The van der Waals surface area contributed by atoms with Gasteiger partial charge in [-0.3, -0.25) is 0 Å². The molecule has 21 heavy (non-hydrogen) atoms. The lowest BCUT2D eigenvalue weighted by Gasteiger charge is -2.13. The Bertz CT molecular complexity index is 747. The minimum Gasteiger partial charge on any atom is -0.508 e. The van der Waals surface area contributed by atoms with Crippen molar-refractivity contribution in [2.24, 2.45) is 0 Å². The van der Waals surface area contributed by atoms with Gasteiger partial charge in [0.15, 0.2) is 5.82 Å². The van der Waals surface area contributed by atoms with E-state index in [0.717, 1.165) is 22.8 Å². The topological polar surface area (TPSA) is 54.2 Å². The molecular formula is C16H16N4O. The third-order valence-electron chi connectivity index (χ3n) is 3.26. The van der Waals surface area contributed by atoms with Crippen LogP contribution in [0.15, 0.2) is 54.9 Å². The summed E-state index contributed by atoms with van der Waals surface area (Å²) in [6.45, 7) is 0. The maximum Gasteiger partial charge on any atom is 0.163 e. The molecular weight excluding hydrogens is 264 g/mol. The lowest BCUT2D eigenvalue weighted by Crippen LogP contribution is -2.08. The first kappa shape index (κ1) is 13.2. The van der Waals surface area contributed by atoms with E-state index in [2.05, 4.69) is 10.1 Å². The van der Waals surface area contributed by atoms with Crippen LogP contribution < -0.4 is 4.90 Å². The fourth-order valence-corrected chi connectivity index (χ4v) is 2.16. The van der Waals surface area contributed by atoms with Gasteiger partial charge in [-0.1, -0.05) is 6.07 Å². The van der Waals surface area contributed by atoms with Crippen molar-refractivity contribution in [3.8, 4) is 22.8 Å². The van der Waals surface area contributed by atoms with Crippen LogP contribution in [0, 0.1) is 0 Å². The van der Waals surface area contributed by atoms with E-state index in [1.165, 1.54) is 6.33 Å². The minimum atomic E-state index is 0.205. The molecule has 0 spiro atoms. The van der Waals surface area contributed by atoms with Crippen LogP contribution in [0.25, 0.3) is 17.1 Å². The van der Waals surface area contributed by atoms with Crippen LogP contribution in [-0.2, 0) is 0 Å². The molecule has 106 valence electrons. The van der Waals surface area contributed by atoms with Gasteiger partial charge in [-0.25, -0.2) is 9.67 Å². The van der Waals surface area contributed by atoms with Gasteiger partial charge in [0, 0.05) is 31.4 Å². The third kappa shape index (κ3) is 2.58. The second kappa shape index (κ2) is 5.28. The van der Waals surface area contributed by atoms with Crippen LogP contribution in [0.5, 0.6) is 5.75 Å². The van der Waals surface area contributed by atoms with Crippen molar-refractivity contribution in [2.75, 3.05) is 19.0 Å². The highest BCUT2D eigenvalue weighted by molar-refractivity contribution is 5.62. The van der Waals surface area contributed by atoms with Gasteiger partial charge in [0.1, 0.15) is 12.1 Å². The lowest BCUT2D eigenvalue weighted by atomic mass is 10.2. The van der Waals surface area contributed by atoms with Crippen LogP contribution in [0.1, 0.15) is 0 Å². The van der Waals surface area contributed by atoms with E-state index in [1.807, 2.05) is 49.3 Å². The molecule has 1 heterocycles. The number of aromatic hydroxyl groups is 1. The zero-order valence-electron chi connectivity index (χ0n) is 11.9. The fraction of sp³-hybridized carbons (Fsp3) is 0.125. The van der Waals surface area contributed by atoms with Crippen LogP contribution in [0.4, 0.5) is 5.69 Å². The molecule has 0 saturated carbocycles. The molecule has 1 N–H and O–H groups in total. The first-order chi connectivity index (χ1) is 10.1. The summed E-state index contributed by atoms with van der Waals surface area (Å²) in [5.74, 6) is 0.947. The number of aromatic nitrogens is 3. The number of hydrogen-bond donors (Lipinski definition) is 1. The molecule has 0 unspecified atom stereocenters. The van der Waals surface area contributed by atoms with Crippen molar-refractivity contribution >= 4 is 5.69 Å². The largest absolute Gasteiger partial charge is 0.508 e. The monoisotopic (exact) mass is 280 g/mol. The number of phenolic OH excluding ortho intramolecular Hbond substituents is 1. The molecule has 0 fully saturated rings. The van der Waals surface area contributed by atoms with E-state index >= 15 is 0 Å². The van der Waals surface area contributed by atoms with Gasteiger partial charge >= 0.3 is 0 Å². The molecule has 5 nitrogen and oxygen atoms in total. The van der Waals surface area contributed by atoms with Crippen molar-refractivity contribution in [1.29, 1.82) is 0 Å². The average molecular weight is 280 g/mol. The fourth-order valence-electron chi connectivity index (χ4n) is 2.16. The Morgan fingerprint density at radius 3 is 2.48 bits per heavy atom. The standard InChI is InChI=1S/C16H16N4O/c1-19(2)13-8-6-12(7-9-13)16-17-11-18-20(16)14-4-3-5-15(21)10-14/h3-11,21H,1-2H3. The van der Waals surface area contributed by atoms with E-state index in [-0.39, 0.29) is 5.75 Å². The van der Waals surface area contributed by atoms with Crippen LogP contribution in [0.3, 0.4) is 0 Å². The molecule has 0 aliphatic rings. The van der Waals surface area contributed by atoms with Crippen molar-refractivity contribution in [2.45, 2.75) is 0 Å². The molecule has 0 bridgehead atoms. The van der Waals surface area contributed by atoms with Gasteiger partial charge in [0.2, 0.25) is 0 Å². The average Bonchev–Trinajstić information content (AvgIpc) is 2.97. The molecule has 3 rings (SSSR count). The second-order valence-electron chi connectivity index (χ2n) is 4.96. The Morgan fingerprint density at radius 1 is 1.05 bits per heavy atom. The summed E-state index contributed by atoms with van der Waals surface area (Å²) in [7, 11) is 4.01. The van der Waals surface area contributed by atoms with E-state index in [4.69, 9.17) is 0 Å². The first-order valence-corrected chi connectivity index (χ1v) is 6.62. The summed E-state index contributed by atoms with van der Waals surface area (Å²) >= 11 is 0. The van der Waals surface area contributed by atoms with Gasteiger partial charge in [-0.2, -0.15) is 5.10 Å². The number of nitrogens with zero attached hydrogens (tertiary/aromatic N) is 4. The number of rotatable bonds is 3. The molecule has 0 aliphatic heterocycles. The summed E-state index contributed by atoms with van der Waals surface area (Å²) in [6, 6.07) is 15.1. The Kier molecular flexibility index (Phi) is 3.31. The highest BCUT2D eigenvalue weighted by atomic mass is 16.3. The number of benzene rings is 2. The molecule has 0 aliphatic carbocycles. The molecule has 5 heteroatoms. The zero-order chi connectivity index (χ0) is 14.8. The Balaban J connectivity index is 2.02. The summed E-state index contributed by atoms with van der Waals surface area (Å²) in [6.07, 6.45) is 1.51. The molecule has 0 amide bonds. The maximum absolute atomic E-state index is 9.60. The number of hydrogen-bond acceptors (Lipinski definition) is 4. The van der Waals surface area contributed by atoms with Gasteiger partial charge in [0.05, 0.1) is 5.69 Å². The first-order valence-electron chi connectivity index (χ1n) is 6.62. The van der Waals surface area contributed by atoms with Gasteiger partial charge in [0.25, 0.3) is 0 Å². The maximum atomic E-state index is 9.60. The highest BCUT2D eigenvalue weighted by Crippen LogP contribution is 2.24. The number of phenols is 1. The summed E-state index contributed by atoms with van der Waals surface area (Å²) in [5, 5.41) is 13.8. The van der Waals surface area contributed by atoms with Crippen molar-refractivity contribution < 1.29 is 5.11 Å². The van der Waals surface area contributed by atoms with E-state index in [9.17, 15) is 5.11 Å². The summed E-state index contributed by atoms with van der Waals surface area (Å²) in [4.78, 5) is 6.37. The Hall–Kier alpha value is -2.82. The zero-order valence-corrected chi connectivity index (χ0v) is 11.9. The normalized spacial score (nSPS) is 10.6. The van der Waals surface area contributed by atoms with E-state index in [0.29, 0.717) is 0 Å². The van der Waals surface area contributed by atoms with E-state index < -0.39 is 0 Å². The summed E-state index contributed by atoms with van der Waals surface area (Å²) in [5.41, 5.74) is 2.88. The predicted octanol–water partition coefficient (Wildman–Crippen LogP) is 2.71. The molecule has 0 saturated heterocycles. The van der Waals surface area contributed by atoms with Gasteiger partial charge in [-0.15, -0.1) is 0 Å². The lowest BCUT2D eigenvalue weighted by molar-refractivity contribution is 0.475. The second-order valence-corrected chi connectivity index (χ2v) is 4.96. The predicted molar refractivity (Wildman–Crippen MR) is 82.8 cm³/mol. The Labute approximate surface area is 123 Å². The quantitative estimate of drug-likeness (QED) is 0.801. The highest BCUT2D eigenvalue weighted by Gasteiger charge is 2.09. The SMILES string of the molecule is CN(C)c1ccc(-c2ncnn2-c2cccc(O)c2)cc1. The van der Waals surface area contributed by atoms with Crippen molar-refractivity contribution in [1.82, 2.24) is 14.8 Å². The van der Waals surface area contributed by atoms with E-state index in [1.54, 1.807) is 22.9 Å². The Morgan fingerprint density at radius 2 is 1.81 bits per heavy atom. The van der Waals surface area contributed by atoms with Crippen molar-refractivity contribution in [3.63, 3.8) is 0 Å². The number of anilines is 1. The van der Waals surface area contributed by atoms with Crippen LogP contribution in [-0.4, -0.2) is 34.0 Å². The molecule has 3 aromatic rings. The van der Waals surface area contributed by atoms with Crippen LogP contribution in [0.2, 0.25) is 0 Å². The summed E-state index contributed by atoms with van der Waals surface area (Å²) < 4.78 is 1.71. The van der Waals surface area contributed by atoms with Crippen molar-refractivity contribution in [3.05, 3.63) is 54.9 Å². The minimum absolute atomic E-state index is 0.205. The van der Waals surface area contributed by atoms with Gasteiger partial charge < -0.3 is 10.0 Å².